The zero-order chi connectivity index (χ0) is 19.2. The normalized spacial score (nSPS) is 19.8. The summed E-state index contributed by atoms with van der Waals surface area (Å²) in [4.78, 5) is 22.7. The molecule has 1 fully saturated rings. The van der Waals surface area contributed by atoms with E-state index in [0.29, 0.717) is 19.5 Å². The monoisotopic (exact) mass is 374 g/mol. The van der Waals surface area contributed by atoms with Crippen molar-refractivity contribution in [3.63, 3.8) is 0 Å². The summed E-state index contributed by atoms with van der Waals surface area (Å²) in [5, 5.41) is 5.24. The van der Waals surface area contributed by atoms with Crippen molar-refractivity contribution in [2.45, 2.75) is 31.6 Å². The average molecular weight is 374 g/mol. The summed E-state index contributed by atoms with van der Waals surface area (Å²) in [7, 11) is 0. The van der Waals surface area contributed by atoms with Crippen LogP contribution < -0.4 is 26.2 Å². The fourth-order valence-corrected chi connectivity index (χ4v) is 2.41. The van der Waals surface area contributed by atoms with Crippen molar-refractivity contribution >= 4 is 11.8 Å². The molecule has 0 spiro atoms. The van der Waals surface area contributed by atoms with Crippen molar-refractivity contribution in [1.82, 2.24) is 21.5 Å². The molecule has 26 heavy (non-hydrogen) atoms. The van der Waals surface area contributed by atoms with E-state index in [2.05, 4.69) is 21.5 Å². The van der Waals surface area contributed by atoms with Crippen LogP contribution in [0.5, 0.6) is 5.75 Å². The Hall–Kier alpha value is -2.33. The van der Waals surface area contributed by atoms with Crippen LogP contribution in [0.15, 0.2) is 24.3 Å². The van der Waals surface area contributed by atoms with Gasteiger partial charge in [0.05, 0.1) is 11.6 Å². The first kappa shape index (κ1) is 20.0. The highest BCUT2D eigenvalue weighted by molar-refractivity contribution is 5.82. The van der Waals surface area contributed by atoms with Crippen LogP contribution in [0.2, 0.25) is 0 Å². The minimum absolute atomic E-state index is 0.115. The Bertz CT molecular complexity index is 639. The summed E-state index contributed by atoms with van der Waals surface area (Å²) in [5.41, 5.74) is 4.93. The quantitative estimate of drug-likeness (QED) is 0.524. The Morgan fingerprint density at radius 3 is 2.65 bits per heavy atom. The van der Waals surface area contributed by atoms with Gasteiger partial charge in [0.25, 0.3) is 0 Å². The van der Waals surface area contributed by atoms with Gasteiger partial charge in [0.15, 0.2) is 0 Å². The molecular weight excluding hydrogens is 353 g/mol. The fraction of sp³-hybridized carbons (Fsp3) is 0.500. The highest BCUT2D eigenvalue weighted by Crippen LogP contribution is 2.31. The highest BCUT2D eigenvalue weighted by atomic mass is 19.4. The number of nitrogens with one attached hydrogen (secondary N) is 4. The van der Waals surface area contributed by atoms with Crippen molar-refractivity contribution in [1.29, 1.82) is 0 Å². The number of hydrazine groups is 1. The Labute approximate surface area is 148 Å². The molecule has 1 aliphatic heterocycles. The van der Waals surface area contributed by atoms with Crippen LogP contribution in [-0.4, -0.2) is 43.6 Å². The molecule has 2 rings (SSSR count). The number of hydrogen-bond donors (Lipinski definition) is 4. The standard InChI is InChI=1S/C16H21F3N4O3/c1-10(24)20-5-6-21-15(25)14-8-12(22-23-14)9-26-13-4-2-3-11(7-13)16(17,18)19/h2-4,7,12,14,22-23H,5-6,8-9H2,1H3,(H,20,24)(H,21,25). The number of benzene rings is 1. The van der Waals surface area contributed by atoms with Gasteiger partial charge in [0.1, 0.15) is 18.4 Å². The zero-order valence-electron chi connectivity index (χ0n) is 14.2. The van der Waals surface area contributed by atoms with Gasteiger partial charge in [-0.25, -0.2) is 5.43 Å². The second-order valence-corrected chi connectivity index (χ2v) is 5.88. The van der Waals surface area contributed by atoms with Gasteiger partial charge >= 0.3 is 6.18 Å². The maximum atomic E-state index is 12.7. The third kappa shape index (κ3) is 6.19. The lowest BCUT2D eigenvalue weighted by Gasteiger charge is -2.13. The molecule has 1 aromatic rings. The Balaban J connectivity index is 1.74. The Morgan fingerprint density at radius 1 is 1.23 bits per heavy atom. The molecule has 10 heteroatoms. The Kier molecular flexibility index (Phi) is 6.81. The zero-order valence-corrected chi connectivity index (χ0v) is 14.2. The van der Waals surface area contributed by atoms with Crippen molar-refractivity contribution in [2.24, 2.45) is 0 Å². The van der Waals surface area contributed by atoms with E-state index >= 15 is 0 Å². The molecule has 0 saturated carbocycles. The summed E-state index contributed by atoms with van der Waals surface area (Å²) in [6.07, 6.45) is -4.00. The molecule has 0 bridgehead atoms. The van der Waals surface area contributed by atoms with Crippen LogP contribution in [0, 0.1) is 0 Å². The number of ether oxygens (including phenoxy) is 1. The minimum Gasteiger partial charge on any atom is -0.492 e. The second-order valence-electron chi connectivity index (χ2n) is 5.88. The van der Waals surface area contributed by atoms with E-state index in [-0.39, 0.29) is 30.2 Å². The molecule has 1 aromatic carbocycles. The number of carbonyl (C=O) groups is 2. The van der Waals surface area contributed by atoms with Crippen LogP contribution in [0.1, 0.15) is 18.9 Å². The van der Waals surface area contributed by atoms with E-state index in [4.69, 9.17) is 4.74 Å². The molecular formula is C16H21F3N4O3. The number of halogens is 3. The second kappa shape index (κ2) is 8.86. The molecule has 7 nitrogen and oxygen atoms in total. The SMILES string of the molecule is CC(=O)NCCNC(=O)C1CC(COc2cccc(C(F)(F)F)c2)NN1. The van der Waals surface area contributed by atoms with Gasteiger partial charge in [-0.1, -0.05) is 6.07 Å². The Morgan fingerprint density at radius 2 is 1.96 bits per heavy atom. The van der Waals surface area contributed by atoms with Crippen molar-refractivity contribution < 1.29 is 27.5 Å². The molecule has 2 amide bonds. The van der Waals surface area contributed by atoms with Gasteiger partial charge in [0, 0.05) is 20.0 Å². The van der Waals surface area contributed by atoms with Gasteiger partial charge in [0.2, 0.25) is 11.8 Å². The van der Waals surface area contributed by atoms with Gasteiger partial charge in [-0.3, -0.25) is 15.0 Å². The van der Waals surface area contributed by atoms with Gasteiger partial charge < -0.3 is 15.4 Å². The molecule has 4 N–H and O–H groups in total. The lowest BCUT2D eigenvalue weighted by Crippen LogP contribution is -2.45. The highest BCUT2D eigenvalue weighted by Gasteiger charge is 2.31. The van der Waals surface area contributed by atoms with Crippen LogP contribution >= 0.6 is 0 Å². The molecule has 0 aliphatic carbocycles. The summed E-state index contributed by atoms with van der Waals surface area (Å²) in [5.74, 6) is -0.291. The summed E-state index contributed by atoms with van der Waals surface area (Å²) < 4.78 is 43.4. The predicted octanol–water partition coefficient (Wildman–Crippen LogP) is 0.572. The van der Waals surface area contributed by atoms with E-state index in [1.807, 2.05) is 0 Å². The molecule has 1 aliphatic rings. The topological polar surface area (TPSA) is 91.5 Å². The summed E-state index contributed by atoms with van der Waals surface area (Å²) in [6, 6.07) is 3.93. The molecule has 2 atom stereocenters. The third-order valence-corrected chi connectivity index (χ3v) is 3.71. The third-order valence-electron chi connectivity index (χ3n) is 3.71. The fourth-order valence-electron chi connectivity index (χ4n) is 2.41. The summed E-state index contributed by atoms with van der Waals surface area (Å²) >= 11 is 0. The predicted molar refractivity (Wildman–Crippen MR) is 87.1 cm³/mol. The summed E-state index contributed by atoms with van der Waals surface area (Å²) in [6.45, 7) is 2.15. The number of amides is 2. The van der Waals surface area contributed by atoms with Crippen LogP contribution in [0.25, 0.3) is 0 Å². The van der Waals surface area contributed by atoms with Crippen LogP contribution in [-0.2, 0) is 15.8 Å². The molecule has 1 heterocycles. The first-order chi connectivity index (χ1) is 12.3. The molecule has 2 unspecified atom stereocenters. The van der Waals surface area contributed by atoms with Gasteiger partial charge in [-0.2, -0.15) is 13.2 Å². The van der Waals surface area contributed by atoms with E-state index in [0.717, 1.165) is 12.1 Å². The van der Waals surface area contributed by atoms with E-state index < -0.39 is 17.8 Å². The van der Waals surface area contributed by atoms with Crippen molar-refractivity contribution in [2.75, 3.05) is 19.7 Å². The van der Waals surface area contributed by atoms with E-state index in [1.54, 1.807) is 0 Å². The van der Waals surface area contributed by atoms with E-state index in [1.165, 1.54) is 19.1 Å². The lowest BCUT2D eigenvalue weighted by atomic mass is 10.1. The first-order valence-corrected chi connectivity index (χ1v) is 8.09. The molecule has 144 valence electrons. The average Bonchev–Trinajstić information content (AvgIpc) is 3.05. The van der Waals surface area contributed by atoms with Crippen LogP contribution in [0.3, 0.4) is 0 Å². The number of carbonyl (C=O) groups excluding carboxylic acids is 2. The maximum absolute atomic E-state index is 12.7. The lowest BCUT2D eigenvalue weighted by molar-refractivity contribution is -0.137. The first-order valence-electron chi connectivity index (χ1n) is 8.09. The van der Waals surface area contributed by atoms with Gasteiger partial charge in [-0.05, 0) is 24.6 Å². The number of hydrogen-bond acceptors (Lipinski definition) is 5. The molecule has 0 aromatic heterocycles. The minimum atomic E-state index is -4.42. The number of alkyl halides is 3. The van der Waals surface area contributed by atoms with Crippen molar-refractivity contribution in [3.8, 4) is 5.75 Å². The smallest absolute Gasteiger partial charge is 0.416 e. The molecule has 0 radical (unpaired) electrons. The van der Waals surface area contributed by atoms with Gasteiger partial charge in [-0.15, -0.1) is 0 Å². The largest absolute Gasteiger partial charge is 0.492 e. The van der Waals surface area contributed by atoms with E-state index in [9.17, 15) is 22.8 Å². The maximum Gasteiger partial charge on any atom is 0.416 e. The molecule has 1 saturated heterocycles. The van der Waals surface area contributed by atoms with Crippen LogP contribution in [0.4, 0.5) is 13.2 Å². The number of rotatable bonds is 7. The van der Waals surface area contributed by atoms with Crippen molar-refractivity contribution in [3.05, 3.63) is 29.8 Å².